The Morgan fingerprint density at radius 1 is 1.28 bits per heavy atom. The van der Waals surface area contributed by atoms with Crippen LogP contribution in [0.4, 0.5) is 0 Å². The molecule has 0 aliphatic heterocycles. The van der Waals surface area contributed by atoms with Crippen LogP contribution in [0.2, 0.25) is 0 Å². The predicted octanol–water partition coefficient (Wildman–Crippen LogP) is 3.52. The van der Waals surface area contributed by atoms with Gasteiger partial charge >= 0.3 is 0 Å². The van der Waals surface area contributed by atoms with Gasteiger partial charge in [-0.05, 0) is 44.5 Å². The number of aromatic hydroxyl groups is 1. The number of hydrogen-bond acceptors (Lipinski definition) is 3. The molecule has 0 bridgehead atoms. The Kier molecular flexibility index (Phi) is 3.97. The van der Waals surface area contributed by atoms with Gasteiger partial charge < -0.3 is 9.67 Å². The van der Waals surface area contributed by atoms with Crippen molar-refractivity contribution in [1.82, 2.24) is 9.55 Å². The minimum Gasteiger partial charge on any atom is -0.508 e. The molecule has 1 heterocycles. The first-order chi connectivity index (χ1) is 8.60. The van der Waals surface area contributed by atoms with E-state index in [4.69, 9.17) is 0 Å². The number of nitrogens with zero attached hydrogens (tertiary/aromatic N) is 2. The van der Waals surface area contributed by atoms with Crippen LogP contribution in [0.5, 0.6) is 5.75 Å². The van der Waals surface area contributed by atoms with Crippen molar-refractivity contribution in [3.63, 3.8) is 0 Å². The zero-order chi connectivity index (χ0) is 13.1. The quantitative estimate of drug-likeness (QED) is 0.857. The number of rotatable bonds is 4. The topological polar surface area (TPSA) is 38.0 Å². The molecule has 0 fully saturated rings. The Labute approximate surface area is 112 Å². The minimum absolute atomic E-state index is 0.327. The van der Waals surface area contributed by atoms with E-state index in [9.17, 15) is 5.11 Å². The number of aromatic nitrogens is 2. The highest BCUT2D eigenvalue weighted by Crippen LogP contribution is 2.27. The molecule has 1 N–H and O–H groups in total. The lowest BCUT2D eigenvalue weighted by atomic mass is 10.2. The van der Waals surface area contributed by atoms with E-state index in [-0.39, 0.29) is 0 Å². The molecular formula is C14H18N2OS. The Morgan fingerprint density at radius 2 is 2.06 bits per heavy atom. The van der Waals surface area contributed by atoms with Gasteiger partial charge in [0.05, 0.1) is 12.0 Å². The number of phenolic OH excluding ortho intramolecular Hbond substituents is 1. The third-order valence-corrected chi connectivity index (χ3v) is 3.94. The fourth-order valence-electron chi connectivity index (χ4n) is 1.91. The third-order valence-electron chi connectivity index (χ3n) is 2.95. The van der Waals surface area contributed by atoms with Crippen molar-refractivity contribution in [2.24, 2.45) is 0 Å². The van der Waals surface area contributed by atoms with E-state index in [0.29, 0.717) is 5.75 Å². The summed E-state index contributed by atoms with van der Waals surface area (Å²) < 4.78 is 2.14. The van der Waals surface area contributed by atoms with Crippen molar-refractivity contribution in [3.05, 3.63) is 41.5 Å². The molecule has 4 heteroatoms. The number of imidazole rings is 1. The maximum absolute atomic E-state index is 9.55. The van der Waals surface area contributed by atoms with Gasteiger partial charge in [-0.3, -0.25) is 0 Å². The van der Waals surface area contributed by atoms with E-state index < -0.39 is 0 Å². The van der Waals surface area contributed by atoms with Crippen LogP contribution in [0.25, 0.3) is 0 Å². The maximum atomic E-state index is 9.55. The summed E-state index contributed by atoms with van der Waals surface area (Å²) in [4.78, 5) is 5.51. The molecule has 0 aliphatic rings. The molecule has 2 rings (SSSR count). The molecule has 2 aromatic rings. The Hall–Kier alpha value is -1.42. The van der Waals surface area contributed by atoms with E-state index >= 15 is 0 Å². The molecule has 18 heavy (non-hydrogen) atoms. The van der Waals surface area contributed by atoms with Gasteiger partial charge in [0, 0.05) is 22.9 Å². The van der Waals surface area contributed by atoms with E-state index in [1.807, 2.05) is 13.3 Å². The molecule has 0 saturated heterocycles. The van der Waals surface area contributed by atoms with E-state index in [1.165, 1.54) is 5.69 Å². The van der Waals surface area contributed by atoms with E-state index in [2.05, 4.69) is 29.5 Å². The summed E-state index contributed by atoms with van der Waals surface area (Å²) >= 11 is 1.70. The molecule has 0 saturated carbocycles. The van der Waals surface area contributed by atoms with Crippen molar-refractivity contribution in [2.45, 2.75) is 38.0 Å². The van der Waals surface area contributed by atoms with Gasteiger partial charge in [0.25, 0.3) is 0 Å². The number of aryl methyl sites for hydroxylation is 2. The van der Waals surface area contributed by atoms with E-state index in [0.717, 1.165) is 28.5 Å². The SMILES string of the molecule is CCn1cnc(CSc2cc(C)cc(O)c2)c1C. The van der Waals surface area contributed by atoms with Crippen LogP contribution in [0, 0.1) is 13.8 Å². The van der Waals surface area contributed by atoms with Gasteiger partial charge in [0.1, 0.15) is 5.75 Å². The zero-order valence-corrected chi connectivity index (χ0v) is 11.8. The van der Waals surface area contributed by atoms with Crippen LogP contribution in [0.3, 0.4) is 0 Å². The highest BCUT2D eigenvalue weighted by molar-refractivity contribution is 7.98. The van der Waals surface area contributed by atoms with Gasteiger partial charge in [-0.15, -0.1) is 11.8 Å². The number of phenols is 1. The number of benzene rings is 1. The molecule has 0 amide bonds. The maximum Gasteiger partial charge on any atom is 0.116 e. The van der Waals surface area contributed by atoms with Crippen LogP contribution in [-0.2, 0) is 12.3 Å². The molecule has 1 aromatic heterocycles. The van der Waals surface area contributed by atoms with Crippen molar-refractivity contribution < 1.29 is 5.11 Å². The summed E-state index contributed by atoms with van der Waals surface area (Å²) in [5.74, 6) is 1.16. The molecular weight excluding hydrogens is 244 g/mol. The fourth-order valence-corrected chi connectivity index (χ4v) is 2.97. The molecule has 0 aliphatic carbocycles. The van der Waals surface area contributed by atoms with Crippen LogP contribution in [0.15, 0.2) is 29.4 Å². The fraction of sp³-hybridized carbons (Fsp3) is 0.357. The summed E-state index contributed by atoms with van der Waals surface area (Å²) in [6, 6.07) is 5.64. The van der Waals surface area contributed by atoms with Crippen LogP contribution in [-0.4, -0.2) is 14.7 Å². The number of thioether (sulfide) groups is 1. The first kappa shape index (κ1) is 13.0. The lowest BCUT2D eigenvalue weighted by molar-refractivity contribution is 0.473. The predicted molar refractivity (Wildman–Crippen MR) is 75.0 cm³/mol. The van der Waals surface area contributed by atoms with E-state index in [1.54, 1.807) is 23.9 Å². The average molecular weight is 262 g/mol. The zero-order valence-electron chi connectivity index (χ0n) is 11.0. The summed E-state index contributed by atoms with van der Waals surface area (Å²) in [6.07, 6.45) is 1.89. The Bertz CT molecular complexity index is 528. The van der Waals surface area contributed by atoms with Gasteiger partial charge in [-0.25, -0.2) is 4.98 Å². The lowest BCUT2D eigenvalue weighted by Crippen LogP contribution is -1.95. The summed E-state index contributed by atoms with van der Waals surface area (Å²) in [6.45, 7) is 7.15. The minimum atomic E-state index is 0.327. The standard InChI is InChI=1S/C14H18N2OS/c1-4-16-9-15-14(11(16)3)8-18-13-6-10(2)5-12(17)7-13/h5-7,9,17H,4,8H2,1-3H3. The summed E-state index contributed by atoms with van der Waals surface area (Å²) in [7, 11) is 0. The van der Waals surface area contributed by atoms with Gasteiger partial charge in [-0.2, -0.15) is 0 Å². The second-order valence-corrected chi connectivity index (χ2v) is 5.40. The second kappa shape index (κ2) is 5.48. The largest absolute Gasteiger partial charge is 0.508 e. The Balaban J connectivity index is 2.09. The monoisotopic (exact) mass is 262 g/mol. The highest BCUT2D eigenvalue weighted by atomic mass is 32.2. The van der Waals surface area contributed by atoms with Crippen molar-refractivity contribution >= 4 is 11.8 Å². The molecule has 1 aromatic carbocycles. The van der Waals surface area contributed by atoms with Crippen molar-refractivity contribution in [3.8, 4) is 5.75 Å². The smallest absolute Gasteiger partial charge is 0.116 e. The molecule has 0 radical (unpaired) electrons. The first-order valence-electron chi connectivity index (χ1n) is 6.04. The highest BCUT2D eigenvalue weighted by Gasteiger charge is 2.06. The average Bonchev–Trinajstić information content (AvgIpc) is 2.66. The summed E-state index contributed by atoms with van der Waals surface area (Å²) in [5, 5.41) is 9.55. The lowest BCUT2D eigenvalue weighted by Gasteiger charge is -2.04. The molecule has 0 unspecified atom stereocenters. The molecule has 0 spiro atoms. The van der Waals surface area contributed by atoms with Crippen LogP contribution >= 0.6 is 11.8 Å². The van der Waals surface area contributed by atoms with Crippen molar-refractivity contribution in [2.75, 3.05) is 0 Å². The number of hydrogen-bond donors (Lipinski definition) is 1. The second-order valence-electron chi connectivity index (χ2n) is 4.36. The summed E-state index contributed by atoms with van der Waals surface area (Å²) in [5.41, 5.74) is 3.41. The van der Waals surface area contributed by atoms with Crippen LogP contribution < -0.4 is 0 Å². The molecule has 0 atom stereocenters. The molecule has 96 valence electrons. The normalized spacial score (nSPS) is 10.8. The van der Waals surface area contributed by atoms with Gasteiger partial charge in [0.2, 0.25) is 0 Å². The van der Waals surface area contributed by atoms with Crippen LogP contribution in [0.1, 0.15) is 23.9 Å². The van der Waals surface area contributed by atoms with Gasteiger partial charge in [-0.1, -0.05) is 0 Å². The van der Waals surface area contributed by atoms with Crippen molar-refractivity contribution in [1.29, 1.82) is 0 Å². The Morgan fingerprint density at radius 3 is 2.67 bits per heavy atom. The first-order valence-corrected chi connectivity index (χ1v) is 7.02. The molecule has 3 nitrogen and oxygen atoms in total. The third kappa shape index (κ3) is 2.88. The van der Waals surface area contributed by atoms with Gasteiger partial charge in [0.15, 0.2) is 0 Å².